The van der Waals surface area contributed by atoms with Gasteiger partial charge in [-0.25, -0.2) is 18.9 Å². The number of carbonyl (C=O) groups is 1. The first kappa shape index (κ1) is 23.9. The van der Waals surface area contributed by atoms with Gasteiger partial charge >= 0.3 is 0 Å². The van der Waals surface area contributed by atoms with Gasteiger partial charge < -0.3 is 9.64 Å². The lowest BCUT2D eigenvalue weighted by atomic mass is 9.98. The number of ether oxygens (including phenoxy) is 1. The largest absolute Gasteiger partial charge is 0.381 e. The van der Waals surface area contributed by atoms with Gasteiger partial charge in [0.2, 0.25) is 10.0 Å². The van der Waals surface area contributed by atoms with Gasteiger partial charge in [-0.15, -0.1) is 23.7 Å². The zero-order chi connectivity index (χ0) is 21.2. The monoisotopic (exact) mass is 488 g/mol. The molecule has 2 aliphatic rings. The van der Waals surface area contributed by atoms with Crippen molar-refractivity contribution in [1.29, 1.82) is 0 Å². The number of aromatic nitrogens is 1. The highest BCUT2D eigenvalue weighted by Crippen LogP contribution is 2.34. The number of piperazine rings is 1. The van der Waals surface area contributed by atoms with Crippen LogP contribution in [0.4, 0.5) is 5.13 Å². The summed E-state index contributed by atoms with van der Waals surface area (Å²) in [5.74, 6) is -0.888. The molecular weight excluding hydrogens is 464 g/mol. The first-order chi connectivity index (χ1) is 14.5. The van der Waals surface area contributed by atoms with Crippen LogP contribution < -0.4 is 10.4 Å². The highest BCUT2D eigenvalue weighted by Gasteiger charge is 2.54. The molecule has 1 amide bonds. The van der Waals surface area contributed by atoms with E-state index in [1.165, 1.54) is 15.6 Å². The molecule has 12 heteroatoms. The van der Waals surface area contributed by atoms with Crippen molar-refractivity contribution in [2.75, 3.05) is 44.3 Å². The van der Waals surface area contributed by atoms with Crippen LogP contribution in [0.2, 0.25) is 0 Å². The highest BCUT2D eigenvalue weighted by atomic mass is 35.5. The molecule has 0 saturated carbocycles. The molecule has 4 rings (SSSR count). The van der Waals surface area contributed by atoms with Crippen LogP contribution >= 0.6 is 23.7 Å². The predicted molar refractivity (Wildman–Crippen MR) is 120 cm³/mol. The third-order valence-corrected chi connectivity index (χ3v) is 9.25. The summed E-state index contributed by atoms with van der Waals surface area (Å²) in [4.78, 5) is 19.1. The molecule has 2 aliphatic heterocycles. The summed E-state index contributed by atoms with van der Waals surface area (Å²) < 4.78 is 31.6. The van der Waals surface area contributed by atoms with Crippen molar-refractivity contribution in [2.45, 2.75) is 17.6 Å². The number of halogens is 1. The van der Waals surface area contributed by atoms with Gasteiger partial charge in [0.05, 0.1) is 5.69 Å². The summed E-state index contributed by atoms with van der Waals surface area (Å²) in [6.07, 6.45) is 0.0454. The highest BCUT2D eigenvalue weighted by molar-refractivity contribution is 7.91. The van der Waals surface area contributed by atoms with Crippen molar-refractivity contribution < 1.29 is 23.2 Å². The van der Waals surface area contributed by atoms with Gasteiger partial charge in [0.1, 0.15) is 0 Å². The first-order valence-electron chi connectivity index (χ1n) is 9.76. The molecule has 0 aliphatic carbocycles. The molecule has 9 nitrogen and oxygen atoms in total. The van der Waals surface area contributed by atoms with Gasteiger partial charge in [-0.3, -0.25) is 10.0 Å². The van der Waals surface area contributed by atoms with Gasteiger partial charge in [0.15, 0.2) is 9.88 Å². The third-order valence-electron chi connectivity index (χ3n) is 5.72. The summed E-state index contributed by atoms with van der Waals surface area (Å²) in [6.45, 7) is 1.79. The van der Waals surface area contributed by atoms with E-state index in [0.717, 1.165) is 16.4 Å². The number of hydroxylamine groups is 1. The second kappa shape index (κ2) is 9.80. The Morgan fingerprint density at radius 3 is 2.39 bits per heavy atom. The van der Waals surface area contributed by atoms with Crippen molar-refractivity contribution >= 4 is 44.8 Å². The maximum absolute atomic E-state index is 13.4. The molecule has 0 unspecified atom stereocenters. The van der Waals surface area contributed by atoms with Gasteiger partial charge in [-0.05, 0) is 0 Å². The lowest BCUT2D eigenvalue weighted by Crippen LogP contribution is -2.62. The molecule has 2 aromatic rings. The van der Waals surface area contributed by atoms with Gasteiger partial charge in [0, 0.05) is 63.2 Å². The maximum Gasteiger partial charge on any atom is 0.266 e. The molecule has 0 bridgehead atoms. The fourth-order valence-corrected chi connectivity index (χ4v) is 6.91. The Balaban J connectivity index is 0.00000272. The molecule has 0 radical (unpaired) electrons. The number of rotatable bonds is 5. The van der Waals surface area contributed by atoms with Crippen LogP contribution in [-0.2, 0) is 19.6 Å². The van der Waals surface area contributed by atoms with Crippen LogP contribution in [0.25, 0.3) is 11.3 Å². The summed E-state index contributed by atoms with van der Waals surface area (Å²) in [7, 11) is -3.96. The number of thiazole rings is 1. The van der Waals surface area contributed by atoms with Gasteiger partial charge in [0.25, 0.3) is 5.91 Å². The third kappa shape index (κ3) is 4.43. The van der Waals surface area contributed by atoms with Crippen molar-refractivity contribution in [1.82, 2.24) is 14.8 Å². The number of carbonyl (C=O) groups excluding carboxylic acids is 1. The molecule has 0 atom stereocenters. The fourth-order valence-electron chi connectivity index (χ4n) is 3.92. The number of hydrogen-bond donors (Lipinski definition) is 2. The molecule has 2 saturated heterocycles. The van der Waals surface area contributed by atoms with E-state index >= 15 is 0 Å². The van der Waals surface area contributed by atoms with Crippen LogP contribution in [0, 0.1) is 0 Å². The van der Waals surface area contributed by atoms with Crippen LogP contribution in [0.15, 0.2) is 35.7 Å². The number of amides is 1. The zero-order valence-corrected chi connectivity index (χ0v) is 19.2. The maximum atomic E-state index is 13.4. The van der Waals surface area contributed by atoms with Gasteiger partial charge in [-0.2, -0.15) is 4.31 Å². The summed E-state index contributed by atoms with van der Waals surface area (Å²) in [5.41, 5.74) is 3.49. The lowest BCUT2D eigenvalue weighted by molar-refractivity contribution is -0.134. The lowest BCUT2D eigenvalue weighted by Gasteiger charge is -2.41. The van der Waals surface area contributed by atoms with E-state index in [4.69, 9.17) is 14.9 Å². The number of nitrogens with zero attached hydrogens (tertiary/aromatic N) is 3. The fraction of sp³-hybridized carbons (Fsp3) is 0.474. The normalized spacial score (nSPS) is 19.5. The van der Waals surface area contributed by atoms with Crippen molar-refractivity contribution in [3.8, 4) is 11.3 Å². The predicted octanol–water partition coefficient (Wildman–Crippen LogP) is 1.74. The first-order valence-corrected chi connectivity index (χ1v) is 12.1. The molecule has 1 aromatic heterocycles. The van der Waals surface area contributed by atoms with Crippen molar-refractivity contribution in [3.05, 3.63) is 35.7 Å². The summed E-state index contributed by atoms with van der Waals surface area (Å²) in [6, 6.07) is 9.89. The summed E-state index contributed by atoms with van der Waals surface area (Å²) >= 11 is 1.53. The molecule has 31 heavy (non-hydrogen) atoms. The Labute approximate surface area is 191 Å². The van der Waals surface area contributed by atoms with E-state index in [1.54, 1.807) is 5.48 Å². The standard InChI is InChI=1S/C19H24N4O5S2.ClH/c24-17(21-25)19(6-12-28-13-7-19)30(26,27)23-10-8-22(9-11-23)18-20-16(14-29-18)15-4-2-1-3-5-15;/h1-5,14,25H,6-13H2,(H,21,24);1H. The quantitative estimate of drug-likeness (QED) is 0.487. The van der Waals surface area contributed by atoms with Crippen molar-refractivity contribution in [3.63, 3.8) is 0 Å². The Morgan fingerprint density at radius 1 is 1.13 bits per heavy atom. The minimum atomic E-state index is -3.96. The van der Waals surface area contributed by atoms with Crippen molar-refractivity contribution in [2.24, 2.45) is 0 Å². The zero-order valence-electron chi connectivity index (χ0n) is 16.8. The van der Waals surface area contributed by atoms with E-state index in [9.17, 15) is 13.2 Å². The molecule has 3 heterocycles. The molecule has 2 N–H and O–H groups in total. The Hall–Kier alpha value is -1.76. The topological polar surface area (TPSA) is 112 Å². The second-order valence-electron chi connectivity index (χ2n) is 7.32. The Kier molecular flexibility index (Phi) is 7.55. The Morgan fingerprint density at radius 2 is 1.77 bits per heavy atom. The number of anilines is 1. The minimum absolute atomic E-state index is 0. The Bertz CT molecular complexity index is 988. The smallest absolute Gasteiger partial charge is 0.266 e. The van der Waals surface area contributed by atoms with E-state index in [2.05, 4.69) is 4.90 Å². The number of hydrogen-bond acceptors (Lipinski definition) is 8. The molecule has 2 fully saturated rings. The van der Waals surface area contributed by atoms with Crippen LogP contribution in [0.3, 0.4) is 0 Å². The molecule has 170 valence electrons. The molecular formula is C19H25ClN4O5S2. The average molecular weight is 489 g/mol. The van der Waals surface area contributed by atoms with E-state index in [1.807, 2.05) is 35.7 Å². The number of benzene rings is 1. The van der Waals surface area contributed by atoms with Crippen LogP contribution in [-0.4, -0.2) is 73.0 Å². The van der Waals surface area contributed by atoms with E-state index in [-0.39, 0.29) is 51.6 Å². The van der Waals surface area contributed by atoms with E-state index in [0.29, 0.717) is 13.1 Å². The van der Waals surface area contributed by atoms with Gasteiger partial charge in [-0.1, -0.05) is 30.3 Å². The minimum Gasteiger partial charge on any atom is -0.381 e. The van der Waals surface area contributed by atoms with E-state index < -0.39 is 20.7 Å². The van der Waals surface area contributed by atoms with Crippen LogP contribution in [0.5, 0.6) is 0 Å². The SMILES string of the molecule is Cl.O=C(NO)C1(S(=O)(=O)N2CCN(c3nc(-c4ccccc4)cs3)CC2)CCOCC1. The number of sulfonamides is 1. The van der Waals surface area contributed by atoms with Crippen LogP contribution in [0.1, 0.15) is 12.8 Å². The second-order valence-corrected chi connectivity index (χ2v) is 10.4. The summed E-state index contributed by atoms with van der Waals surface area (Å²) in [5, 5.41) is 12.0. The number of nitrogens with one attached hydrogen (secondary N) is 1. The molecule has 0 spiro atoms. The average Bonchev–Trinajstić information content (AvgIpc) is 3.30. The molecule has 1 aromatic carbocycles.